The van der Waals surface area contributed by atoms with Crippen LogP contribution in [0.1, 0.15) is 43.1 Å². The average Bonchev–Trinajstić information content (AvgIpc) is 3.26. The first kappa shape index (κ1) is 27.8. The van der Waals surface area contributed by atoms with E-state index >= 15 is 0 Å². The molecule has 2 fully saturated rings. The van der Waals surface area contributed by atoms with Gasteiger partial charge in [-0.05, 0) is 50.9 Å². The smallest absolute Gasteiger partial charge is 0.270 e. The highest BCUT2D eigenvalue weighted by molar-refractivity contribution is 5.99. The summed E-state index contributed by atoms with van der Waals surface area (Å²) in [6, 6.07) is 6.10. The predicted octanol–water partition coefficient (Wildman–Crippen LogP) is 2.39. The van der Waals surface area contributed by atoms with Crippen LogP contribution in [0, 0.1) is 5.92 Å². The van der Waals surface area contributed by atoms with Crippen LogP contribution in [0.25, 0.3) is 10.9 Å². The Labute approximate surface area is 221 Å². The lowest BCUT2D eigenvalue weighted by atomic mass is 9.81. The maximum Gasteiger partial charge on any atom is 0.270 e. The molecule has 1 saturated carbocycles. The predicted molar refractivity (Wildman–Crippen MR) is 139 cm³/mol. The third kappa shape index (κ3) is 5.77. The zero-order valence-electron chi connectivity index (χ0n) is 22.4. The number of hydrogen-bond acceptors (Lipinski definition) is 5. The Hall–Kier alpha value is -3.21. The molecule has 2 aromatic rings. The molecule has 38 heavy (non-hydrogen) atoms. The van der Waals surface area contributed by atoms with E-state index in [0.29, 0.717) is 37.6 Å². The van der Waals surface area contributed by atoms with Gasteiger partial charge in [0, 0.05) is 57.5 Å². The van der Waals surface area contributed by atoms with Crippen molar-refractivity contribution in [2.45, 2.75) is 50.6 Å². The fraction of sp³-hybridized carbons (Fsp3) is 0.593. The molecule has 2 heterocycles. The molecule has 1 aromatic carbocycles. The molecule has 0 bridgehead atoms. The Morgan fingerprint density at radius 2 is 1.68 bits per heavy atom. The second kappa shape index (κ2) is 11.3. The van der Waals surface area contributed by atoms with Crippen molar-refractivity contribution in [2.24, 2.45) is 13.0 Å². The van der Waals surface area contributed by atoms with E-state index in [2.05, 4.69) is 10.6 Å². The van der Waals surface area contributed by atoms with E-state index < -0.39 is 18.0 Å². The molecule has 0 unspecified atom stereocenters. The van der Waals surface area contributed by atoms with Gasteiger partial charge in [0.15, 0.2) is 0 Å². The minimum atomic E-state index is -2.73. The van der Waals surface area contributed by atoms with Crippen molar-refractivity contribution in [3.05, 3.63) is 30.0 Å². The van der Waals surface area contributed by atoms with Gasteiger partial charge >= 0.3 is 0 Å². The number of amides is 3. The van der Waals surface area contributed by atoms with E-state index in [0.717, 1.165) is 10.9 Å². The maximum atomic E-state index is 13.8. The molecule has 2 atom stereocenters. The first-order valence-corrected chi connectivity index (χ1v) is 13.1. The summed E-state index contributed by atoms with van der Waals surface area (Å²) in [5, 5.41) is 6.60. The van der Waals surface area contributed by atoms with Crippen molar-refractivity contribution in [3.63, 3.8) is 0 Å². The zero-order valence-corrected chi connectivity index (χ0v) is 22.4. The number of fused-ring (bicyclic) bond motifs is 1. The van der Waals surface area contributed by atoms with Gasteiger partial charge in [0.05, 0.1) is 18.7 Å². The first-order chi connectivity index (χ1) is 18.0. The summed E-state index contributed by atoms with van der Waals surface area (Å²) in [5.74, 6) is -3.13. The van der Waals surface area contributed by atoms with Crippen molar-refractivity contribution in [1.82, 2.24) is 25.0 Å². The van der Waals surface area contributed by atoms with Gasteiger partial charge in [0.2, 0.25) is 17.7 Å². The van der Waals surface area contributed by atoms with Gasteiger partial charge < -0.3 is 29.7 Å². The Bertz CT molecular complexity index is 1180. The molecule has 11 heteroatoms. The minimum Gasteiger partial charge on any atom is -0.497 e. The van der Waals surface area contributed by atoms with Gasteiger partial charge in [-0.2, -0.15) is 0 Å². The van der Waals surface area contributed by atoms with Gasteiger partial charge in [0.25, 0.3) is 5.91 Å². The number of alkyl halides is 2. The van der Waals surface area contributed by atoms with Crippen molar-refractivity contribution < 1.29 is 27.9 Å². The molecular weight excluding hydrogens is 496 g/mol. The van der Waals surface area contributed by atoms with Crippen molar-refractivity contribution in [2.75, 3.05) is 40.3 Å². The number of aromatic nitrogens is 1. The number of likely N-dealkylation sites (N-methyl/N-ethyl adjacent to an activating group) is 1. The summed E-state index contributed by atoms with van der Waals surface area (Å²) < 4.78 is 34.7. The molecule has 3 amide bonds. The molecule has 0 spiro atoms. The normalized spacial score (nSPS) is 19.7. The number of halogens is 2. The molecule has 2 N–H and O–H groups in total. The number of carbonyl (C=O) groups is 3. The highest BCUT2D eigenvalue weighted by Gasteiger charge is 2.42. The van der Waals surface area contributed by atoms with Crippen LogP contribution in [0.2, 0.25) is 0 Å². The first-order valence-electron chi connectivity index (χ1n) is 13.1. The zero-order chi connectivity index (χ0) is 27.6. The van der Waals surface area contributed by atoms with E-state index in [9.17, 15) is 23.2 Å². The van der Waals surface area contributed by atoms with Crippen LogP contribution in [-0.2, 0) is 16.6 Å². The lowest BCUT2D eigenvalue weighted by Crippen LogP contribution is -2.59. The van der Waals surface area contributed by atoms with Crippen molar-refractivity contribution in [1.29, 1.82) is 0 Å². The molecule has 1 aromatic heterocycles. The molecule has 2 aliphatic rings. The number of nitrogens with zero attached hydrogens (tertiary/aromatic N) is 3. The number of ether oxygens (including phenoxy) is 1. The summed E-state index contributed by atoms with van der Waals surface area (Å²) in [6.07, 6.45) is -0.250. The lowest BCUT2D eigenvalue weighted by molar-refractivity contribution is -0.141. The topological polar surface area (TPSA) is 95.9 Å². The van der Waals surface area contributed by atoms with E-state index in [1.807, 2.05) is 35.9 Å². The van der Waals surface area contributed by atoms with E-state index in [-0.39, 0.29) is 49.3 Å². The highest BCUT2D eigenvalue weighted by Crippen LogP contribution is 2.38. The van der Waals surface area contributed by atoms with E-state index in [4.69, 9.17) is 4.74 Å². The van der Waals surface area contributed by atoms with Crippen molar-refractivity contribution in [3.8, 4) is 5.75 Å². The number of nitrogens with one attached hydrogen (secondary N) is 2. The van der Waals surface area contributed by atoms with Gasteiger partial charge in [-0.15, -0.1) is 0 Å². The monoisotopic (exact) mass is 533 g/mol. The maximum absolute atomic E-state index is 13.8. The summed E-state index contributed by atoms with van der Waals surface area (Å²) in [7, 11) is 5.07. The highest BCUT2D eigenvalue weighted by atomic mass is 19.3. The standard InChI is InChI=1S/C27H37F2N5O4/c1-17(30-2)24(35)31-23(18-7-9-27(28,29)10-8-18)26(37)34-13-11-33(12-14-34)25(36)22-15-19-5-6-20(38-4)16-21(19)32(22)3/h5-6,15-18,23,30H,7-14H2,1-4H3,(H,31,35)/t17-,23-/m0/s1. The fourth-order valence-corrected chi connectivity index (χ4v) is 5.32. The number of benzene rings is 1. The molecule has 208 valence electrons. The Balaban J connectivity index is 1.44. The van der Waals surface area contributed by atoms with Crippen LogP contribution in [-0.4, -0.2) is 90.4 Å². The summed E-state index contributed by atoms with van der Waals surface area (Å²) in [5.41, 5.74) is 1.43. The average molecular weight is 534 g/mol. The number of methoxy groups -OCH3 is 1. The molecular formula is C27H37F2N5O4. The molecule has 0 radical (unpaired) electrons. The minimum absolute atomic E-state index is 0.128. The SMILES string of the molecule is CN[C@@H](C)C(=O)N[C@H](C(=O)N1CCN(C(=O)c2cc3ccc(OC)cc3n2C)CC1)C1CCC(F)(F)CC1. The van der Waals surface area contributed by atoms with Crippen molar-refractivity contribution >= 4 is 28.6 Å². The van der Waals surface area contributed by atoms with Crippen LogP contribution in [0.15, 0.2) is 24.3 Å². The number of piperazine rings is 1. The molecule has 9 nitrogen and oxygen atoms in total. The third-order valence-electron chi connectivity index (χ3n) is 7.97. The van der Waals surface area contributed by atoms with Gasteiger partial charge in [-0.1, -0.05) is 0 Å². The van der Waals surface area contributed by atoms with Gasteiger partial charge in [0.1, 0.15) is 17.5 Å². The fourth-order valence-electron chi connectivity index (χ4n) is 5.32. The van der Waals surface area contributed by atoms with E-state index in [1.165, 1.54) is 0 Å². The van der Waals surface area contributed by atoms with Gasteiger partial charge in [-0.25, -0.2) is 8.78 Å². The lowest BCUT2D eigenvalue weighted by Gasteiger charge is -2.39. The van der Waals surface area contributed by atoms with Crippen LogP contribution in [0.4, 0.5) is 8.78 Å². The molecule has 4 rings (SSSR count). The number of hydrogen-bond donors (Lipinski definition) is 2. The van der Waals surface area contributed by atoms with Crippen LogP contribution < -0.4 is 15.4 Å². The molecule has 1 saturated heterocycles. The summed E-state index contributed by atoms with van der Waals surface area (Å²) in [6.45, 7) is 2.97. The Morgan fingerprint density at radius 3 is 2.29 bits per heavy atom. The Kier molecular flexibility index (Phi) is 8.25. The summed E-state index contributed by atoms with van der Waals surface area (Å²) >= 11 is 0. The van der Waals surface area contributed by atoms with E-state index in [1.54, 1.807) is 30.9 Å². The van der Waals surface area contributed by atoms with Gasteiger partial charge in [-0.3, -0.25) is 14.4 Å². The largest absolute Gasteiger partial charge is 0.497 e. The number of rotatable bonds is 7. The van der Waals surface area contributed by atoms with Crippen LogP contribution >= 0.6 is 0 Å². The Morgan fingerprint density at radius 1 is 1.05 bits per heavy atom. The third-order valence-corrected chi connectivity index (χ3v) is 7.97. The second-order valence-corrected chi connectivity index (χ2v) is 10.3. The number of aryl methyl sites for hydroxylation is 1. The number of carbonyl (C=O) groups excluding carboxylic acids is 3. The second-order valence-electron chi connectivity index (χ2n) is 10.3. The summed E-state index contributed by atoms with van der Waals surface area (Å²) in [4.78, 5) is 42.9. The molecule has 1 aliphatic carbocycles. The molecule has 1 aliphatic heterocycles. The quantitative estimate of drug-likeness (QED) is 0.570. The van der Waals surface area contributed by atoms with Crippen LogP contribution in [0.5, 0.6) is 5.75 Å². The van der Waals surface area contributed by atoms with Crippen LogP contribution in [0.3, 0.4) is 0 Å².